The number of hydrogen-bond donors (Lipinski definition) is 3. The molecule has 33 heavy (non-hydrogen) atoms. The molecule has 174 valence electrons. The number of fused-ring (bicyclic) bond motifs is 1. The van der Waals surface area contributed by atoms with E-state index in [2.05, 4.69) is 37.9 Å². The summed E-state index contributed by atoms with van der Waals surface area (Å²) in [6, 6.07) is 14.1. The lowest BCUT2D eigenvalue weighted by atomic mass is 9.86. The summed E-state index contributed by atoms with van der Waals surface area (Å²) < 4.78 is 1.00. The molecule has 1 aromatic heterocycles. The van der Waals surface area contributed by atoms with E-state index in [1.165, 1.54) is 0 Å². The molecule has 4 rings (SSSR count). The minimum atomic E-state index is -0.151. The number of carbonyl (C=O) groups is 1. The first kappa shape index (κ1) is 23.3. The molecule has 0 aliphatic heterocycles. The number of anilines is 3. The molecule has 2 amide bonds. The number of amides is 2. The van der Waals surface area contributed by atoms with Gasteiger partial charge in [0.25, 0.3) is 0 Å². The van der Waals surface area contributed by atoms with Crippen LogP contribution in [0.5, 0.6) is 0 Å². The molecule has 0 bridgehead atoms. The van der Waals surface area contributed by atoms with Crippen molar-refractivity contribution in [1.82, 2.24) is 15.3 Å². The second-order valence-corrected chi connectivity index (χ2v) is 9.85. The smallest absolute Gasteiger partial charge is 0.319 e. The van der Waals surface area contributed by atoms with Crippen molar-refractivity contribution in [2.24, 2.45) is 5.92 Å². The van der Waals surface area contributed by atoms with Gasteiger partial charge in [0.05, 0.1) is 5.52 Å². The molecule has 1 aliphatic carbocycles. The van der Waals surface area contributed by atoms with Crippen molar-refractivity contribution in [3.8, 4) is 0 Å². The zero-order chi connectivity index (χ0) is 23.4. The number of nitrogens with zero attached hydrogens (tertiary/aromatic N) is 3. The Kier molecular flexibility index (Phi) is 7.33. The molecule has 1 saturated carbocycles. The molecule has 0 atom stereocenters. The summed E-state index contributed by atoms with van der Waals surface area (Å²) >= 11 is 3.45. The number of halogens is 1. The molecule has 0 saturated heterocycles. The highest BCUT2D eigenvalue weighted by Gasteiger charge is 2.23. The number of aromatic nitrogens is 2. The molecule has 3 N–H and O–H groups in total. The molecule has 7 nitrogen and oxygen atoms in total. The van der Waals surface area contributed by atoms with Gasteiger partial charge < -0.3 is 20.9 Å². The van der Waals surface area contributed by atoms with E-state index in [9.17, 15) is 4.79 Å². The van der Waals surface area contributed by atoms with Crippen LogP contribution in [0.1, 0.15) is 31.2 Å². The number of nitrogens with one attached hydrogen (secondary N) is 3. The zero-order valence-electron chi connectivity index (χ0n) is 19.4. The number of carbonyl (C=O) groups excluding carboxylic acids is 1. The average molecular weight is 511 g/mol. The largest absolute Gasteiger partial charge is 0.362 e. The van der Waals surface area contributed by atoms with E-state index in [-0.39, 0.29) is 6.03 Å². The Morgan fingerprint density at radius 2 is 1.85 bits per heavy atom. The Labute approximate surface area is 203 Å². The molecule has 0 spiro atoms. The number of benzene rings is 2. The fourth-order valence-electron chi connectivity index (χ4n) is 4.33. The molecule has 8 heteroatoms. The third-order valence-corrected chi connectivity index (χ3v) is 6.67. The summed E-state index contributed by atoms with van der Waals surface area (Å²) in [6.07, 6.45) is 4.19. The van der Waals surface area contributed by atoms with Gasteiger partial charge in [0, 0.05) is 42.2 Å². The second-order valence-electron chi connectivity index (χ2n) is 8.94. The van der Waals surface area contributed by atoms with Crippen LogP contribution >= 0.6 is 15.9 Å². The van der Waals surface area contributed by atoms with E-state index >= 15 is 0 Å². The first-order valence-corrected chi connectivity index (χ1v) is 12.2. The van der Waals surface area contributed by atoms with Crippen LogP contribution in [0.15, 0.2) is 46.9 Å². The Morgan fingerprint density at radius 1 is 1.09 bits per heavy atom. The summed E-state index contributed by atoms with van der Waals surface area (Å²) in [5.41, 5.74) is 2.80. The average Bonchev–Trinajstić information content (AvgIpc) is 2.80. The first-order valence-electron chi connectivity index (χ1n) is 11.4. The van der Waals surface area contributed by atoms with Crippen molar-refractivity contribution in [1.29, 1.82) is 0 Å². The fourth-order valence-corrected chi connectivity index (χ4v) is 4.81. The van der Waals surface area contributed by atoms with E-state index < -0.39 is 0 Å². The van der Waals surface area contributed by atoms with Crippen molar-refractivity contribution in [2.45, 2.75) is 38.6 Å². The lowest BCUT2D eigenvalue weighted by Gasteiger charge is -2.29. The number of hydrogen-bond acceptors (Lipinski definition) is 5. The van der Waals surface area contributed by atoms with Crippen LogP contribution in [0.2, 0.25) is 0 Å². The summed E-state index contributed by atoms with van der Waals surface area (Å²) in [5.74, 6) is 2.09. The molecule has 3 aromatic rings. The van der Waals surface area contributed by atoms with Gasteiger partial charge in [-0.2, -0.15) is 4.98 Å². The van der Waals surface area contributed by atoms with Crippen LogP contribution < -0.4 is 20.9 Å². The normalized spacial score (nSPS) is 18.1. The van der Waals surface area contributed by atoms with E-state index in [0.717, 1.165) is 58.1 Å². The Bertz CT molecular complexity index is 1130. The lowest BCUT2D eigenvalue weighted by molar-refractivity contribution is 0.246. The first-order chi connectivity index (χ1) is 15.9. The highest BCUT2D eigenvalue weighted by molar-refractivity contribution is 9.10. The highest BCUT2D eigenvalue weighted by atomic mass is 79.9. The Morgan fingerprint density at radius 3 is 2.58 bits per heavy atom. The van der Waals surface area contributed by atoms with Crippen LogP contribution in [0.25, 0.3) is 10.9 Å². The van der Waals surface area contributed by atoms with Gasteiger partial charge in [-0.15, -0.1) is 0 Å². The van der Waals surface area contributed by atoms with Gasteiger partial charge in [-0.25, -0.2) is 9.78 Å². The van der Waals surface area contributed by atoms with E-state index in [4.69, 9.17) is 9.97 Å². The van der Waals surface area contributed by atoms with Gasteiger partial charge in [-0.3, -0.25) is 0 Å². The van der Waals surface area contributed by atoms with Crippen LogP contribution in [-0.2, 0) is 0 Å². The van der Waals surface area contributed by atoms with Crippen molar-refractivity contribution in [3.63, 3.8) is 0 Å². The van der Waals surface area contributed by atoms with Crippen LogP contribution in [-0.4, -0.2) is 42.7 Å². The van der Waals surface area contributed by atoms with Crippen molar-refractivity contribution in [2.75, 3.05) is 36.2 Å². The van der Waals surface area contributed by atoms with Crippen LogP contribution in [0.4, 0.5) is 22.2 Å². The standard InChI is InChI=1S/C25H31BrN6O/c1-16-14-18(26)10-13-21(16)30-25(33)27-15-17-8-11-19(12-9-17)28-24-29-22-7-5-4-6-20(22)23(31-24)32(2)3/h4-7,10,13-14,17,19H,8-9,11-12,15H2,1-3H3,(H2,27,30,33)(H,28,29,31)/t17-,19+. The number of aryl methyl sites for hydroxylation is 1. The number of para-hydroxylation sites is 1. The molecule has 2 aromatic carbocycles. The molecule has 1 fully saturated rings. The van der Waals surface area contributed by atoms with Gasteiger partial charge in [0.15, 0.2) is 0 Å². The van der Waals surface area contributed by atoms with Gasteiger partial charge in [0.1, 0.15) is 5.82 Å². The molecule has 0 unspecified atom stereocenters. The molecule has 0 radical (unpaired) electrons. The zero-order valence-corrected chi connectivity index (χ0v) is 20.9. The maximum atomic E-state index is 12.3. The fraction of sp³-hybridized carbons (Fsp3) is 0.400. The molecule has 1 aliphatic rings. The van der Waals surface area contributed by atoms with Gasteiger partial charge in [0.2, 0.25) is 5.95 Å². The highest BCUT2D eigenvalue weighted by Crippen LogP contribution is 2.28. The third-order valence-electron chi connectivity index (χ3n) is 6.17. The summed E-state index contributed by atoms with van der Waals surface area (Å²) in [4.78, 5) is 23.8. The van der Waals surface area contributed by atoms with Gasteiger partial charge in [-0.1, -0.05) is 28.1 Å². The molecular formula is C25H31BrN6O. The van der Waals surface area contributed by atoms with Gasteiger partial charge in [-0.05, 0) is 74.4 Å². The van der Waals surface area contributed by atoms with Crippen LogP contribution in [0.3, 0.4) is 0 Å². The Hall–Kier alpha value is -2.87. The van der Waals surface area contributed by atoms with Crippen molar-refractivity contribution >= 4 is 50.3 Å². The minimum Gasteiger partial charge on any atom is -0.362 e. The van der Waals surface area contributed by atoms with Crippen LogP contribution in [0, 0.1) is 12.8 Å². The monoisotopic (exact) mass is 510 g/mol. The summed E-state index contributed by atoms with van der Waals surface area (Å²) in [5, 5.41) is 10.6. The quantitative estimate of drug-likeness (QED) is 0.404. The second kappa shape index (κ2) is 10.4. The predicted octanol–water partition coefficient (Wildman–Crippen LogP) is 5.56. The maximum Gasteiger partial charge on any atom is 0.319 e. The number of urea groups is 1. The van der Waals surface area contributed by atoms with Crippen molar-refractivity contribution in [3.05, 3.63) is 52.5 Å². The summed E-state index contributed by atoms with van der Waals surface area (Å²) in [6.45, 7) is 2.67. The molecular weight excluding hydrogens is 480 g/mol. The van der Waals surface area contributed by atoms with E-state index in [0.29, 0.717) is 24.5 Å². The van der Waals surface area contributed by atoms with Gasteiger partial charge >= 0.3 is 6.03 Å². The van der Waals surface area contributed by atoms with E-state index in [1.54, 1.807) is 0 Å². The lowest BCUT2D eigenvalue weighted by Crippen LogP contribution is -2.36. The number of rotatable bonds is 6. The predicted molar refractivity (Wildman–Crippen MR) is 139 cm³/mol. The minimum absolute atomic E-state index is 0.151. The SMILES string of the molecule is Cc1cc(Br)ccc1NC(=O)NC[C@H]1CC[C@@H](Nc2nc(N(C)C)c3ccccc3n2)CC1. The maximum absolute atomic E-state index is 12.3. The third kappa shape index (κ3) is 5.93. The Balaban J connectivity index is 1.27. The van der Waals surface area contributed by atoms with Crippen molar-refractivity contribution < 1.29 is 4.79 Å². The topological polar surface area (TPSA) is 82.2 Å². The molecule has 1 heterocycles. The van der Waals surface area contributed by atoms with E-state index in [1.807, 2.05) is 62.3 Å². The summed E-state index contributed by atoms with van der Waals surface area (Å²) in [7, 11) is 4.01.